The van der Waals surface area contributed by atoms with Gasteiger partial charge in [0.05, 0.1) is 32.4 Å². The smallest absolute Gasteiger partial charge is 0.294 e. The highest BCUT2D eigenvalue weighted by Gasteiger charge is 2.20. The van der Waals surface area contributed by atoms with Crippen molar-refractivity contribution in [2.75, 3.05) is 10.0 Å². The normalized spacial score (nSPS) is 11.8. The Bertz CT molecular complexity index is 1900. The van der Waals surface area contributed by atoms with Crippen molar-refractivity contribution in [3.63, 3.8) is 0 Å². The van der Waals surface area contributed by atoms with Crippen LogP contribution in [0.25, 0.3) is 10.8 Å². The maximum Gasteiger partial charge on any atom is 0.294 e. The van der Waals surface area contributed by atoms with Crippen molar-refractivity contribution in [2.24, 2.45) is 10.2 Å². The number of carbonyl (C=O) groups is 1. The van der Waals surface area contributed by atoms with Crippen molar-refractivity contribution < 1.29 is 31.3 Å². The van der Waals surface area contributed by atoms with Crippen molar-refractivity contribution in [1.82, 2.24) is 0 Å². The molecule has 0 aromatic heterocycles. The standard InChI is InChI=1S/C25H19N5O7S2/c1-15(31)27-23-13-22(29-28-20-11-10-18(39(35,36)37)12-16(20)14-26)24-19(25(23)32)8-5-9-21(24)30-38(33,34)17-6-3-2-4-7-17/h2-13,30,32H,1H3,(H,27,31)(H,35,36,37). The number of amides is 1. The number of carbonyl (C=O) groups excluding carboxylic acids is 1. The van der Waals surface area contributed by atoms with Crippen LogP contribution in [0.3, 0.4) is 0 Å². The van der Waals surface area contributed by atoms with Gasteiger partial charge in [0.2, 0.25) is 5.91 Å². The van der Waals surface area contributed by atoms with Crippen LogP contribution < -0.4 is 10.0 Å². The molecule has 4 rings (SSSR count). The average molecular weight is 566 g/mol. The van der Waals surface area contributed by atoms with Gasteiger partial charge in [0.15, 0.2) is 0 Å². The molecule has 198 valence electrons. The zero-order valence-electron chi connectivity index (χ0n) is 20.0. The van der Waals surface area contributed by atoms with Crippen LogP contribution in [-0.4, -0.2) is 32.4 Å². The molecule has 14 heteroatoms. The van der Waals surface area contributed by atoms with Crippen molar-refractivity contribution in [3.8, 4) is 11.8 Å². The van der Waals surface area contributed by atoms with Gasteiger partial charge in [-0.25, -0.2) is 8.42 Å². The Morgan fingerprint density at radius 2 is 1.56 bits per heavy atom. The number of nitriles is 1. The van der Waals surface area contributed by atoms with E-state index in [0.717, 1.165) is 18.2 Å². The summed E-state index contributed by atoms with van der Waals surface area (Å²) < 4.78 is 60.7. The highest BCUT2D eigenvalue weighted by Crippen LogP contribution is 2.44. The Labute approximate surface area is 223 Å². The lowest BCUT2D eigenvalue weighted by Crippen LogP contribution is -2.13. The number of anilines is 2. The number of phenolic OH excluding ortho intramolecular Hbond substituents is 1. The Hall–Kier alpha value is -4.84. The van der Waals surface area contributed by atoms with E-state index in [9.17, 15) is 36.6 Å². The summed E-state index contributed by atoms with van der Waals surface area (Å²) in [6, 6.07) is 18.1. The summed E-state index contributed by atoms with van der Waals surface area (Å²) in [6.45, 7) is 1.23. The number of nitrogens with one attached hydrogen (secondary N) is 2. The molecule has 4 N–H and O–H groups in total. The van der Waals surface area contributed by atoms with Gasteiger partial charge in [-0.15, -0.1) is 10.2 Å². The number of aromatic hydroxyl groups is 1. The van der Waals surface area contributed by atoms with Crippen molar-refractivity contribution in [2.45, 2.75) is 16.7 Å². The molecule has 0 fully saturated rings. The molecule has 0 heterocycles. The molecule has 0 bridgehead atoms. The number of benzene rings is 4. The van der Waals surface area contributed by atoms with Gasteiger partial charge in [0, 0.05) is 17.7 Å². The molecule has 4 aromatic carbocycles. The number of hydrogen-bond acceptors (Lipinski definition) is 9. The zero-order valence-corrected chi connectivity index (χ0v) is 21.7. The molecule has 0 aliphatic rings. The second-order valence-corrected chi connectivity index (χ2v) is 11.2. The Balaban J connectivity index is 1.92. The Kier molecular flexibility index (Phi) is 7.32. The average Bonchev–Trinajstić information content (AvgIpc) is 2.89. The van der Waals surface area contributed by atoms with E-state index < -0.39 is 30.9 Å². The fraction of sp³-hybridized carbons (Fsp3) is 0.0400. The SMILES string of the molecule is CC(=O)Nc1cc(N=Nc2ccc(S(=O)(=O)O)cc2C#N)c2c(NS(=O)(=O)c3ccccc3)cccc2c1O. The molecule has 0 unspecified atom stereocenters. The van der Waals surface area contributed by atoms with Gasteiger partial charge in [-0.05, 0) is 42.5 Å². The summed E-state index contributed by atoms with van der Waals surface area (Å²) in [5.74, 6) is -0.851. The number of sulfonamides is 1. The molecule has 0 atom stereocenters. The molecule has 0 saturated heterocycles. The predicted molar refractivity (Wildman–Crippen MR) is 142 cm³/mol. The minimum Gasteiger partial charge on any atom is -0.505 e. The van der Waals surface area contributed by atoms with Gasteiger partial charge in [0.1, 0.15) is 17.5 Å². The lowest BCUT2D eigenvalue weighted by Gasteiger charge is -2.15. The van der Waals surface area contributed by atoms with Crippen LogP contribution in [0.1, 0.15) is 12.5 Å². The van der Waals surface area contributed by atoms with Crippen LogP contribution in [0, 0.1) is 11.3 Å². The molecule has 12 nitrogen and oxygen atoms in total. The molecule has 0 spiro atoms. The third-order valence-electron chi connectivity index (χ3n) is 5.37. The number of fused-ring (bicyclic) bond motifs is 1. The van der Waals surface area contributed by atoms with Crippen molar-refractivity contribution in [1.29, 1.82) is 5.26 Å². The second-order valence-electron chi connectivity index (χ2n) is 8.09. The fourth-order valence-electron chi connectivity index (χ4n) is 3.66. The van der Waals surface area contributed by atoms with E-state index in [4.69, 9.17) is 0 Å². The summed E-state index contributed by atoms with van der Waals surface area (Å²) in [7, 11) is -8.63. The van der Waals surface area contributed by atoms with Gasteiger partial charge in [-0.3, -0.25) is 14.1 Å². The molecule has 1 amide bonds. The van der Waals surface area contributed by atoms with Crippen LogP contribution >= 0.6 is 0 Å². The van der Waals surface area contributed by atoms with Crippen molar-refractivity contribution in [3.05, 3.63) is 78.4 Å². The van der Waals surface area contributed by atoms with E-state index in [1.807, 2.05) is 0 Å². The van der Waals surface area contributed by atoms with Crippen LogP contribution in [-0.2, 0) is 24.9 Å². The summed E-state index contributed by atoms with van der Waals surface area (Å²) in [5, 5.41) is 31.2. The number of azo groups is 1. The maximum atomic E-state index is 13.0. The van der Waals surface area contributed by atoms with E-state index in [-0.39, 0.29) is 49.7 Å². The Morgan fingerprint density at radius 3 is 2.21 bits per heavy atom. The topological polar surface area (TPSA) is 198 Å². The van der Waals surface area contributed by atoms with Crippen molar-refractivity contribution >= 4 is 59.6 Å². The molecule has 0 aliphatic carbocycles. The number of phenols is 1. The Morgan fingerprint density at radius 1 is 0.872 bits per heavy atom. The summed E-state index contributed by atoms with van der Waals surface area (Å²) >= 11 is 0. The molecule has 39 heavy (non-hydrogen) atoms. The lowest BCUT2D eigenvalue weighted by molar-refractivity contribution is -0.114. The molecule has 0 saturated carbocycles. The van der Waals surface area contributed by atoms with E-state index in [1.165, 1.54) is 43.3 Å². The highest BCUT2D eigenvalue weighted by atomic mass is 32.2. The maximum absolute atomic E-state index is 13.0. The third-order valence-corrected chi connectivity index (χ3v) is 7.60. The monoisotopic (exact) mass is 565 g/mol. The van der Waals surface area contributed by atoms with Gasteiger partial charge >= 0.3 is 0 Å². The first-order valence-electron chi connectivity index (χ1n) is 11.0. The number of nitrogens with zero attached hydrogens (tertiary/aromatic N) is 3. The first-order chi connectivity index (χ1) is 18.4. The van der Waals surface area contributed by atoms with Crippen LogP contribution in [0.15, 0.2) is 92.8 Å². The van der Waals surface area contributed by atoms with Crippen LogP contribution in [0.5, 0.6) is 5.75 Å². The van der Waals surface area contributed by atoms with Gasteiger partial charge < -0.3 is 10.4 Å². The third kappa shape index (κ3) is 5.85. The molecule has 4 aromatic rings. The fourth-order valence-corrected chi connectivity index (χ4v) is 5.26. The van der Waals surface area contributed by atoms with Gasteiger partial charge in [-0.2, -0.15) is 13.7 Å². The number of hydrogen-bond donors (Lipinski definition) is 4. The minimum absolute atomic E-state index is 0.000609. The summed E-state index contributed by atoms with van der Waals surface area (Å²) in [5.41, 5.74) is -0.272. The molecule has 0 aliphatic heterocycles. The predicted octanol–water partition coefficient (Wildman–Crippen LogP) is 4.84. The van der Waals surface area contributed by atoms with E-state index in [2.05, 4.69) is 20.3 Å². The first-order valence-corrected chi connectivity index (χ1v) is 13.9. The molecular formula is C25H19N5O7S2. The van der Waals surface area contributed by atoms with E-state index in [0.29, 0.717) is 0 Å². The van der Waals surface area contributed by atoms with Gasteiger partial charge in [0.25, 0.3) is 20.1 Å². The summed E-state index contributed by atoms with van der Waals surface area (Å²) in [6.07, 6.45) is 0. The highest BCUT2D eigenvalue weighted by molar-refractivity contribution is 7.92. The second kappa shape index (κ2) is 10.5. The first kappa shape index (κ1) is 27.2. The largest absolute Gasteiger partial charge is 0.505 e. The van der Waals surface area contributed by atoms with Gasteiger partial charge in [-0.1, -0.05) is 30.3 Å². The molecule has 0 radical (unpaired) electrons. The molecular weight excluding hydrogens is 546 g/mol. The number of rotatable bonds is 7. The van der Waals surface area contributed by atoms with E-state index in [1.54, 1.807) is 24.3 Å². The van der Waals surface area contributed by atoms with Crippen LogP contribution in [0.4, 0.5) is 22.7 Å². The van der Waals surface area contributed by atoms with E-state index >= 15 is 0 Å². The van der Waals surface area contributed by atoms with Crippen LogP contribution in [0.2, 0.25) is 0 Å². The lowest BCUT2D eigenvalue weighted by atomic mass is 10.0. The quantitative estimate of drug-likeness (QED) is 0.139. The summed E-state index contributed by atoms with van der Waals surface area (Å²) in [4.78, 5) is 11.2. The zero-order chi connectivity index (χ0) is 28.4. The minimum atomic E-state index is -4.57.